The Kier molecular flexibility index (Phi) is 1.75. The van der Waals surface area contributed by atoms with Crippen LogP contribution in [0.2, 0.25) is 0 Å². The summed E-state index contributed by atoms with van der Waals surface area (Å²) in [5, 5.41) is 0. The van der Waals surface area contributed by atoms with Gasteiger partial charge in [-0.3, -0.25) is 0 Å². The molecule has 0 radical (unpaired) electrons. The summed E-state index contributed by atoms with van der Waals surface area (Å²) >= 11 is 0. The van der Waals surface area contributed by atoms with Crippen molar-refractivity contribution in [3.63, 3.8) is 0 Å². The molecular formula is C10H12FN. The van der Waals surface area contributed by atoms with Gasteiger partial charge < -0.3 is 4.90 Å². The minimum atomic E-state index is -0.0978. The highest BCUT2D eigenvalue weighted by Crippen LogP contribution is 2.25. The van der Waals surface area contributed by atoms with Crippen molar-refractivity contribution in [2.24, 2.45) is 0 Å². The number of nitrogens with zero attached hydrogens (tertiary/aromatic N) is 1. The second kappa shape index (κ2) is 2.77. The van der Waals surface area contributed by atoms with Gasteiger partial charge in [0.05, 0.1) is 0 Å². The maximum absolute atomic E-state index is 13.1. The van der Waals surface area contributed by atoms with Gasteiger partial charge in [-0.05, 0) is 25.5 Å². The molecule has 0 aliphatic carbocycles. The SMILES string of the molecule is Cc1c(F)cccc1N1CCC1. The zero-order chi connectivity index (χ0) is 8.55. The van der Waals surface area contributed by atoms with Crippen LogP contribution in [-0.2, 0) is 0 Å². The van der Waals surface area contributed by atoms with E-state index < -0.39 is 0 Å². The van der Waals surface area contributed by atoms with Crippen LogP contribution in [0, 0.1) is 12.7 Å². The van der Waals surface area contributed by atoms with Crippen LogP contribution < -0.4 is 4.90 Å². The van der Waals surface area contributed by atoms with Crippen LogP contribution >= 0.6 is 0 Å². The van der Waals surface area contributed by atoms with E-state index in [-0.39, 0.29) is 5.82 Å². The van der Waals surface area contributed by atoms with E-state index in [2.05, 4.69) is 4.90 Å². The lowest BCUT2D eigenvalue weighted by Crippen LogP contribution is -2.37. The largest absolute Gasteiger partial charge is 0.371 e. The quantitative estimate of drug-likeness (QED) is 0.617. The van der Waals surface area contributed by atoms with Crippen LogP contribution in [-0.4, -0.2) is 13.1 Å². The van der Waals surface area contributed by atoms with Crippen molar-refractivity contribution in [2.45, 2.75) is 13.3 Å². The number of benzene rings is 1. The van der Waals surface area contributed by atoms with Crippen LogP contribution in [0.5, 0.6) is 0 Å². The molecule has 1 aliphatic rings. The molecule has 2 heteroatoms. The van der Waals surface area contributed by atoms with Gasteiger partial charge >= 0.3 is 0 Å². The molecule has 1 aromatic rings. The highest BCUT2D eigenvalue weighted by atomic mass is 19.1. The van der Waals surface area contributed by atoms with Crippen molar-refractivity contribution >= 4 is 5.69 Å². The fraction of sp³-hybridized carbons (Fsp3) is 0.400. The molecule has 1 nitrogen and oxygen atoms in total. The van der Waals surface area contributed by atoms with Gasteiger partial charge in [0.2, 0.25) is 0 Å². The number of hydrogen-bond donors (Lipinski definition) is 0. The maximum Gasteiger partial charge on any atom is 0.128 e. The van der Waals surface area contributed by atoms with Gasteiger partial charge in [0, 0.05) is 24.3 Å². The zero-order valence-electron chi connectivity index (χ0n) is 7.18. The molecule has 0 unspecified atom stereocenters. The first-order valence-electron chi connectivity index (χ1n) is 4.29. The number of rotatable bonds is 1. The second-order valence-electron chi connectivity index (χ2n) is 3.22. The van der Waals surface area contributed by atoms with Crippen LogP contribution in [0.4, 0.5) is 10.1 Å². The number of halogens is 1. The molecule has 1 aromatic carbocycles. The normalized spacial score (nSPS) is 16.0. The van der Waals surface area contributed by atoms with Crippen LogP contribution in [0.1, 0.15) is 12.0 Å². The standard InChI is InChI=1S/C10H12FN/c1-8-9(11)4-2-5-10(8)12-6-3-7-12/h2,4-5H,3,6-7H2,1H3. The molecule has 0 bridgehead atoms. The van der Waals surface area contributed by atoms with E-state index in [0.717, 1.165) is 24.3 Å². The van der Waals surface area contributed by atoms with Crippen molar-refractivity contribution < 1.29 is 4.39 Å². The van der Waals surface area contributed by atoms with E-state index in [0.29, 0.717) is 0 Å². The van der Waals surface area contributed by atoms with Gasteiger partial charge in [0.15, 0.2) is 0 Å². The zero-order valence-corrected chi connectivity index (χ0v) is 7.18. The lowest BCUT2D eigenvalue weighted by Gasteiger charge is -2.34. The van der Waals surface area contributed by atoms with Gasteiger partial charge in [-0.15, -0.1) is 0 Å². The molecule has 1 aliphatic heterocycles. The summed E-state index contributed by atoms with van der Waals surface area (Å²) in [7, 11) is 0. The Morgan fingerprint density at radius 3 is 2.67 bits per heavy atom. The minimum absolute atomic E-state index is 0.0978. The summed E-state index contributed by atoms with van der Waals surface area (Å²) < 4.78 is 13.1. The third-order valence-corrected chi connectivity index (χ3v) is 2.44. The van der Waals surface area contributed by atoms with Gasteiger partial charge in [-0.2, -0.15) is 0 Å². The maximum atomic E-state index is 13.1. The topological polar surface area (TPSA) is 3.24 Å². The van der Waals surface area contributed by atoms with Crippen LogP contribution in [0.3, 0.4) is 0 Å². The summed E-state index contributed by atoms with van der Waals surface area (Å²) in [6.07, 6.45) is 1.23. The fourth-order valence-electron chi connectivity index (χ4n) is 1.50. The van der Waals surface area contributed by atoms with Gasteiger partial charge in [-0.25, -0.2) is 4.39 Å². The minimum Gasteiger partial charge on any atom is -0.371 e. The van der Waals surface area contributed by atoms with Crippen LogP contribution in [0.15, 0.2) is 18.2 Å². The molecule has 0 saturated carbocycles. The third-order valence-electron chi connectivity index (χ3n) is 2.44. The van der Waals surface area contributed by atoms with E-state index in [1.54, 1.807) is 6.07 Å². The average molecular weight is 165 g/mol. The first-order valence-corrected chi connectivity index (χ1v) is 4.29. The summed E-state index contributed by atoms with van der Waals surface area (Å²) in [6, 6.07) is 5.27. The molecule has 12 heavy (non-hydrogen) atoms. The third kappa shape index (κ3) is 1.07. The molecule has 2 rings (SSSR count). The highest BCUT2D eigenvalue weighted by molar-refractivity contribution is 5.54. The van der Waals surface area contributed by atoms with E-state index in [9.17, 15) is 4.39 Å². The summed E-state index contributed by atoms with van der Waals surface area (Å²) in [5.74, 6) is -0.0978. The van der Waals surface area contributed by atoms with Gasteiger partial charge in [-0.1, -0.05) is 6.07 Å². The summed E-state index contributed by atoms with van der Waals surface area (Å²) in [6.45, 7) is 3.98. The molecule has 64 valence electrons. The predicted octanol–water partition coefficient (Wildman–Crippen LogP) is 2.34. The average Bonchev–Trinajstić information content (AvgIpc) is 1.95. The fourth-order valence-corrected chi connectivity index (χ4v) is 1.50. The van der Waals surface area contributed by atoms with Crippen LogP contribution in [0.25, 0.3) is 0 Å². The summed E-state index contributed by atoms with van der Waals surface area (Å²) in [4.78, 5) is 2.21. The van der Waals surface area contributed by atoms with Crippen molar-refractivity contribution in [1.29, 1.82) is 0 Å². The monoisotopic (exact) mass is 165 g/mol. The van der Waals surface area contributed by atoms with E-state index in [1.807, 2.05) is 13.0 Å². The molecule has 0 N–H and O–H groups in total. The molecule has 0 amide bonds. The van der Waals surface area contributed by atoms with E-state index in [4.69, 9.17) is 0 Å². The molecule has 1 heterocycles. The molecule has 0 atom stereocenters. The Morgan fingerprint density at radius 1 is 1.33 bits per heavy atom. The van der Waals surface area contributed by atoms with Gasteiger partial charge in [0.25, 0.3) is 0 Å². The Labute approximate surface area is 71.8 Å². The second-order valence-corrected chi connectivity index (χ2v) is 3.22. The van der Waals surface area contributed by atoms with Crippen molar-refractivity contribution in [3.8, 4) is 0 Å². The lowest BCUT2D eigenvalue weighted by atomic mass is 10.1. The number of anilines is 1. The summed E-state index contributed by atoms with van der Waals surface area (Å²) in [5.41, 5.74) is 1.83. The van der Waals surface area contributed by atoms with Gasteiger partial charge in [0.1, 0.15) is 5.82 Å². The van der Waals surface area contributed by atoms with E-state index in [1.165, 1.54) is 12.5 Å². The highest BCUT2D eigenvalue weighted by Gasteiger charge is 2.17. The lowest BCUT2D eigenvalue weighted by molar-refractivity contribution is 0.595. The first kappa shape index (κ1) is 7.59. The predicted molar refractivity (Wildman–Crippen MR) is 48.0 cm³/mol. The first-order chi connectivity index (χ1) is 5.79. The molecule has 0 aromatic heterocycles. The molecule has 1 fully saturated rings. The number of hydrogen-bond acceptors (Lipinski definition) is 1. The molecule has 1 saturated heterocycles. The van der Waals surface area contributed by atoms with Crippen molar-refractivity contribution in [2.75, 3.05) is 18.0 Å². The Bertz CT molecular complexity index is 292. The Hall–Kier alpha value is -1.05. The van der Waals surface area contributed by atoms with Crippen molar-refractivity contribution in [3.05, 3.63) is 29.6 Å². The smallest absolute Gasteiger partial charge is 0.128 e. The Morgan fingerprint density at radius 2 is 2.08 bits per heavy atom. The van der Waals surface area contributed by atoms with Crippen molar-refractivity contribution in [1.82, 2.24) is 0 Å². The molecular weight excluding hydrogens is 153 g/mol. The Balaban J connectivity index is 2.36. The molecule has 0 spiro atoms. The van der Waals surface area contributed by atoms with E-state index >= 15 is 0 Å².